The number of nitrogens with one attached hydrogen (secondary N) is 2. The second-order valence-electron chi connectivity index (χ2n) is 6.05. The highest BCUT2D eigenvalue weighted by atomic mass is 32.2. The van der Waals surface area contributed by atoms with Crippen LogP contribution in [0.2, 0.25) is 0 Å². The first kappa shape index (κ1) is 20.4. The Morgan fingerprint density at radius 2 is 1.85 bits per heavy atom. The quantitative estimate of drug-likeness (QED) is 0.555. The molecule has 0 heterocycles. The fourth-order valence-electron chi connectivity index (χ4n) is 2.50. The van der Waals surface area contributed by atoms with Crippen molar-refractivity contribution < 1.29 is 18.1 Å². The highest BCUT2D eigenvalue weighted by molar-refractivity contribution is 7.92. The van der Waals surface area contributed by atoms with Crippen LogP contribution in [0, 0.1) is 24.0 Å². The maximum atomic E-state index is 12.9. The van der Waals surface area contributed by atoms with Gasteiger partial charge in [0, 0.05) is 18.7 Å². The van der Waals surface area contributed by atoms with Crippen LogP contribution in [-0.4, -0.2) is 25.8 Å². The summed E-state index contributed by atoms with van der Waals surface area (Å²) in [6.45, 7) is 5.55. The molecule has 0 aliphatic heterocycles. The molecule has 0 spiro atoms. The first-order valence-electron chi connectivity index (χ1n) is 8.33. The highest BCUT2D eigenvalue weighted by Gasteiger charge is 2.24. The van der Waals surface area contributed by atoms with Crippen molar-refractivity contribution in [3.05, 3.63) is 63.2 Å². The fourth-order valence-corrected chi connectivity index (χ4v) is 3.91. The molecule has 0 aliphatic carbocycles. The maximum Gasteiger partial charge on any atom is 0.271 e. The molecule has 0 atom stereocenters. The van der Waals surface area contributed by atoms with E-state index in [0.29, 0.717) is 17.7 Å². The molecule has 2 N–H and O–H groups in total. The second kappa shape index (κ2) is 8.17. The van der Waals surface area contributed by atoms with E-state index in [1.165, 1.54) is 18.2 Å². The minimum absolute atomic E-state index is 0.106. The number of para-hydroxylation sites is 1. The summed E-state index contributed by atoms with van der Waals surface area (Å²) in [6.07, 6.45) is 0.742. The van der Waals surface area contributed by atoms with E-state index in [9.17, 15) is 23.3 Å². The third-order valence-corrected chi connectivity index (χ3v) is 5.55. The molecule has 0 fully saturated rings. The summed E-state index contributed by atoms with van der Waals surface area (Å²) >= 11 is 0. The minimum Gasteiger partial charge on any atom is -0.352 e. The normalized spacial score (nSPS) is 11.1. The number of non-ortho nitro benzene ring substituents is 1. The predicted octanol–water partition coefficient (Wildman–Crippen LogP) is 3.15. The van der Waals surface area contributed by atoms with Crippen LogP contribution in [0.25, 0.3) is 0 Å². The summed E-state index contributed by atoms with van der Waals surface area (Å²) in [5.41, 5.74) is 0.857. The van der Waals surface area contributed by atoms with Crippen LogP contribution < -0.4 is 10.0 Å². The second-order valence-corrected chi connectivity index (χ2v) is 7.70. The largest absolute Gasteiger partial charge is 0.352 e. The third-order valence-electron chi connectivity index (χ3n) is 4.06. The van der Waals surface area contributed by atoms with Gasteiger partial charge in [-0.25, -0.2) is 8.42 Å². The van der Waals surface area contributed by atoms with E-state index in [-0.39, 0.29) is 21.8 Å². The van der Waals surface area contributed by atoms with Crippen LogP contribution in [0.4, 0.5) is 11.4 Å². The van der Waals surface area contributed by atoms with E-state index < -0.39 is 20.9 Å². The van der Waals surface area contributed by atoms with Gasteiger partial charge in [0.25, 0.3) is 21.6 Å². The van der Waals surface area contributed by atoms with Gasteiger partial charge in [0.15, 0.2) is 0 Å². The molecule has 0 unspecified atom stereocenters. The molecule has 144 valence electrons. The maximum absolute atomic E-state index is 12.9. The average molecular weight is 391 g/mol. The topological polar surface area (TPSA) is 118 Å². The minimum atomic E-state index is -4.13. The van der Waals surface area contributed by atoms with Gasteiger partial charge in [-0.2, -0.15) is 0 Å². The lowest BCUT2D eigenvalue weighted by Crippen LogP contribution is -2.26. The molecule has 2 aromatic rings. The molecular formula is C18H21N3O5S. The Labute approximate surface area is 157 Å². The summed E-state index contributed by atoms with van der Waals surface area (Å²) in [7, 11) is -4.13. The van der Waals surface area contributed by atoms with E-state index in [2.05, 4.69) is 10.0 Å². The summed E-state index contributed by atoms with van der Waals surface area (Å²) in [5, 5.41) is 13.8. The standard InChI is InChI=1S/C18H21N3O5S/c1-4-9-19-18(22)15-7-5-6-8-16(15)20-27(25,26)17-11-14(21(23)24)10-12(2)13(17)3/h5-8,10-11,20H,4,9H2,1-3H3,(H,19,22). The molecule has 2 aromatic carbocycles. The molecule has 0 radical (unpaired) electrons. The number of anilines is 1. The fraction of sp³-hybridized carbons (Fsp3) is 0.278. The first-order valence-corrected chi connectivity index (χ1v) is 9.81. The van der Waals surface area contributed by atoms with E-state index in [4.69, 9.17) is 0 Å². The first-order chi connectivity index (χ1) is 12.7. The molecule has 0 bridgehead atoms. The van der Waals surface area contributed by atoms with Gasteiger partial charge in [0.1, 0.15) is 0 Å². The summed E-state index contributed by atoms with van der Waals surface area (Å²) in [5.74, 6) is -0.401. The zero-order valence-corrected chi connectivity index (χ0v) is 16.1. The van der Waals surface area contributed by atoms with E-state index in [1.807, 2.05) is 6.92 Å². The molecule has 1 amide bonds. The number of nitro benzene ring substituents is 1. The van der Waals surface area contributed by atoms with Crippen LogP contribution in [0.1, 0.15) is 34.8 Å². The van der Waals surface area contributed by atoms with Crippen molar-refractivity contribution in [2.75, 3.05) is 11.3 Å². The van der Waals surface area contributed by atoms with Crippen LogP contribution >= 0.6 is 0 Å². The third kappa shape index (κ3) is 4.62. The smallest absolute Gasteiger partial charge is 0.271 e. The Balaban J connectivity index is 2.47. The lowest BCUT2D eigenvalue weighted by molar-refractivity contribution is -0.385. The number of carbonyl (C=O) groups is 1. The average Bonchev–Trinajstić information content (AvgIpc) is 2.61. The summed E-state index contributed by atoms with van der Waals surface area (Å²) < 4.78 is 28.1. The van der Waals surface area contributed by atoms with Crippen molar-refractivity contribution in [2.24, 2.45) is 0 Å². The van der Waals surface area contributed by atoms with Crippen molar-refractivity contribution in [3.63, 3.8) is 0 Å². The number of rotatable bonds is 7. The predicted molar refractivity (Wildman–Crippen MR) is 102 cm³/mol. The van der Waals surface area contributed by atoms with Crippen LogP contribution in [0.15, 0.2) is 41.3 Å². The number of amides is 1. The Morgan fingerprint density at radius 1 is 1.19 bits per heavy atom. The Bertz CT molecular complexity index is 986. The van der Waals surface area contributed by atoms with Crippen LogP contribution in [-0.2, 0) is 10.0 Å². The zero-order chi connectivity index (χ0) is 20.2. The number of benzene rings is 2. The number of sulfonamides is 1. The van der Waals surface area contributed by atoms with Crippen LogP contribution in [0.5, 0.6) is 0 Å². The SMILES string of the molecule is CCCNC(=O)c1ccccc1NS(=O)(=O)c1cc([N+](=O)[O-])cc(C)c1C. The summed E-state index contributed by atoms with van der Waals surface area (Å²) in [4.78, 5) is 22.5. The molecule has 2 rings (SSSR count). The van der Waals surface area contributed by atoms with Gasteiger partial charge in [-0.1, -0.05) is 19.1 Å². The van der Waals surface area contributed by atoms with Crippen molar-refractivity contribution in [1.82, 2.24) is 5.32 Å². The van der Waals surface area contributed by atoms with Gasteiger partial charge in [0.2, 0.25) is 0 Å². The molecule has 8 nitrogen and oxygen atoms in total. The number of hydrogen-bond donors (Lipinski definition) is 2. The van der Waals surface area contributed by atoms with Crippen molar-refractivity contribution >= 4 is 27.3 Å². The Morgan fingerprint density at radius 3 is 2.48 bits per heavy atom. The number of nitrogens with zero attached hydrogens (tertiary/aromatic N) is 1. The number of carbonyl (C=O) groups excluding carboxylic acids is 1. The monoisotopic (exact) mass is 391 g/mol. The number of aryl methyl sites for hydroxylation is 1. The lowest BCUT2D eigenvalue weighted by atomic mass is 10.1. The van der Waals surface area contributed by atoms with Gasteiger partial charge < -0.3 is 5.32 Å². The Hall–Kier alpha value is -2.94. The van der Waals surface area contributed by atoms with Crippen molar-refractivity contribution in [2.45, 2.75) is 32.1 Å². The lowest BCUT2D eigenvalue weighted by Gasteiger charge is -2.14. The van der Waals surface area contributed by atoms with Gasteiger partial charge in [-0.05, 0) is 43.5 Å². The Kier molecular flexibility index (Phi) is 6.17. The van der Waals surface area contributed by atoms with Gasteiger partial charge in [-0.3, -0.25) is 19.6 Å². The van der Waals surface area contributed by atoms with E-state index in [0.717, 1.165) is 12.5 Å². The van der Waals surface area contributed by atoms with Gasteiger partial charge in [0.05, 0.1) is 21.1 Å². The summed E-state index contributed by atoms with van der Waals surface area (Å²) in [6, 6.07) is 8.54. The highest BCUT2D eigenvalue weighted by Crippen LogP contribution is 2.28. The van der Waals surface area contributed by atoms with Gasteiger partial charge in [-0.15, -0.1) is 0 Å². The number of nitro groups is 1. The molecule has 27 heavy (non-hydrogen) atoms. The molecule has 0 aliphatic rings. The van der Waals surface area contributed by atoms with Crippen molar-refractivity contribution in [3.8, 4) is 0 Å². The zero-order valence-electron chi connectivity index (χ0n) is 15.3. The molecule has 9 heteroatoms. The number of hydrogen-bond acceptors (Lipinski definition) is 5. The molecule has 0 saturated carbocycles. The van der Waals surface area contributed by atoms with Crippen molar-refractivity contribution in [1.29, 1.82) is 0 Å². The van der Waals surface area contributed by atoms with E-state index >= 15 is 0 Å². The molecule has 0 saturated heterocycles. The molecule has 0 aromatic heterocycles. The van der Waals surface area contributed by atoms with Crippen LogP contribution in [0.3, 0.4) is 0 Å². The van der Waals surface area contributed by atoms with Gasteiger partial charge >= 0.3 is 0 Å². The molecular weight excluding hydrogens is 370 g/mol. The van der Waals surface area contributed by atoms with E-state index in [1.54, 1.807) is 26.0 Å².